The van der Waals surface area contributed by atoms with Crippen LogP contribution in [0.15, 0.2) is 34.9 Å². The SMILES string of the molecule is CC(C)=C/C(C)=C/C(C)=C/CCNN1CCS(=O)(=O)CC1C. The molecule has 0 bridgehead atoms. The predicted octanol–water partition coefficient (Wildman–Crippen LogP) is 2.86. The molecule has 126 valence electrons. The zero-order valence-corrected chi connectivity index (χ0v) is 15.3. The summed E-state index contributed by atoms with van der Waals surface area (Å²) in [5.74, 6) is 0.503. The molecular weight excluding hydrogens is 296 g/mol. The fourth-order valence-electron chi connectivity index (χ4n) is 2.66. The molecule has 1 unspecified atom stereocenters. The highest BCUT2D eigenvalue weighted by Crippen LogP contribution is 2.09. The van der Waals surface area contributed by atoms with Gasteiger partial charge in [-0.05, 0) is 41.0 Å². The molecule has 0 aromatic rings. The van der Waals surface area contributed by atoms with Crippen molar-refractivity contribution in [2.45, 2.75) is 47.1 Å². The smallest absolute Gasteiger partial charge is 0.153 e. The predicted molar refractivity (Wildman–Crippen MR) is 94.4 cm³/mol. The largest absolute Gasteiger partial charge is 0.255 e. The lowest BCUT2D eigenvalue weighted by Gasteiger charge is -2.33. The second kappa shape index (κ2) is 8.65. The van der Waals surface area contributed by atoms with Crippen molar-refractivity contribution >= 4 is 9.84 Å². The summed E-state index contributed by atoms with van der Waals surface area (Å²) < 4.78 is 23.1. The molecule has 0 aromatic carbocycles. The van der Waals surface area contributed by atoms with Gasteiger partial charge in [-0.15, -0.1) is 0 Å². The van der Waals surface area contributed by atoms with E-state index in [1.165, 1.54) is 16.7 Å². The molecule has 1 rings (SSSR count). The van der Waals surface area contributed by atoms with E-state index in [1.807, 2.05) is 6.92 Å². The zero-order chi connectivity index (χ0) is 16.8. The number of allylic oxidation sites excluding steroid dienone is 5. The fourth-order valence-corrected chi connectivity index (χ4v) is 4.21. The van der Waals surface area contributed by atoms with Gasteiger partial charge >= 0.3 is 0 Å². The first kappa shape index (κ1) is 19.1. The Hall–Kier alpha value is -0.910. The van der Waals surface area contributed by atoms with Crippen LogP contribution >= 0.6 is 0 Å². The van der Waals surface area contributed by atoms with E-state index in [4.69, 9.17) is 0 Å². The number of rotatable bonds is 6. The van der Waals surface area contributed by atoms with E-state index in [2.05, 4.69) is 56.4 Å². The van der Waals surface area contributed by atoms with E-state index >= 15 is 0 Å². The van der Waals surface area contributed by atoms with Crippen molar-refractivity contribution in [3.8, 4) is 0 Å². The zero-order valence-electron chi connectivity index (χ0n) is 14.5. The first-order valence-corrected chi connectivity index (χ1v) is 9.72. The van der Waals surface area contributed by atoms with Crippen LogP contribution < -0.4 is 5.43 Å². The van der Waals surface area contributed by atoms with E-state index in [1.54, 1.807) is 0 Å². The summed E-state index contributed by atoms with van der Waals surface area (Å²) in [6.07, 6.45) is 7.50. The number of sulfone groups is 1. The molecule has 1 atom stereocenters. The lowest BCUT2D eigenvalue weighted by atomic mass is 10.1. The van der Waals surface area contributed by atoms with Gasteiger partial charge in [0.15, 0.2) is 9.84 Å². The molecule has 1 aliphatic heterocycles. The Labute approximate surface area is 135 Å². The van der Waals surface area contributed by atoms with Crippen LogP contribution in [0.1, 0.15) is 41.0 Å². The average Bonchev–Trinajstić information content (AvgIpc) is 2.34. The molecule has 0 radical (unpaired) electrons. The minimum atomic E-state index is -2.84. The summed E-state index contributed by atoms with van der Waals surface area (Å²) in [4.78, 5) is 0. The van der Waals surface area contributed by atoms with Crippen LogP contribution in [0.4, 0.5) is 0 Å². The van der Waals surface area contributed by atoms with Gasteiger partial charge in [0.25, 0.3) is 0 Å². The molecule has 1 saturated heterocycles. The standard InChI is InChI=1S/C17H30N2O2S/c1-14(2)11-16(4)12-15(3)7-6-8-18-19-9-10-22(20,21)13-17(19)5/h7,11-12,17-18H,6,8-10,13H2,1-5H3/b15-7+,16-12+. The van der Waals surface area contributed by atoms with Crippen molar-refractivity contribution < 1.29 is 8.42 Å². The maximum Gasteiger partial charge on any atom is 0.153 e. The number of hydrazine groups is 1. The second-order valence-corrected chi connectivity index (χ2v) is 8.64. The van der Waals surface area contributed by atoms with Crippen LogP contribution in [0.3, 0.4) is 0 Å². The van der Waals surface area contributed by atoms with Gasteiger partial charge in [0.05, 0.1) is 11.5 Å². The van der Waals surface area contributed by atoms with Crippen molar-refractivity contribution in [3.63, 3.8) is 0 Å². The van der Waals surface area contributed by atoms with Crippen LogP contribution in [0.25, 0.3) is 0 Å². The van der Waals surface area contributed by atoms with Crippen molar-refractivity contribution in [1.82, 2.24) is 10.4 Å². The first-order chi connectivity index (χ1) is 10.2. The van der Waals surface area contributed by atoms with Crippen LogP contribution in [-0.2, 0) is 9.84 Å². The molecule has 4 nitrogen and oxygen atoms in total. The third kappa shape index (κ3) is 7.38. The summed E-state index contributed by atoms with van der Waals surface area (Å²) in [5, 5.41) is 2.05. The molecule has 1 N–H and O–H groups in total. The molecule has 0 spiro atoms. The highest BCUT2D eigenvalue weighted by Gasteiger charge is 2.27. The molecule has 1 aliphatic rings. The Morgan fingerprint density at radius 2 is 1.86 bits per heavy atom. The van der Waals surface area contributed by atoms with Crippen LogP contribution in [0.2, 0.25) is 0 Å². The molecule has 0 aromatic heterocycles. The molecule has 1 heterocycles. The lowest BCUT2D eigenvalue weighted by Crippen LogP contribution is -2.53. The van der Waals surface area contributed by atoms with E-state index in [-0.39, 0.29) is 17.5 Å². The minimum absolute atomic E-state index is 0.0450. The van der Waals surface area contributed by atoms with Gasteiger partial charge < -0.3 is 0 Å². The summed E-state index contributed by atoms with van der Waals surface area (Å²) in [7, 11) is -2.84. The summed E-state index contributed by atoms with van der Waals surface area (Å²) >= 11 is 0. The average molecular weight is 327 g/mol. The molecule has 0 amide bonds. The molecule has 22 heavy (non-hydrogen) atoms. The monoisotopic (exact) mass is 326 g/mol. The first-order valence-electron chi connectivity index (χ1n) is 7.90. The van der Waals surface area contributed by atoms with Crippen molar-refractivity contribution in [2.75, 3.05) is 24.6 Å². The van der Waals surface area contributed by atoms with Gasteiger partial charge in [-0.25, -0.2) is 13.4 Å². The second-order valence-electron chi connectivity index (χ2n) is 6.41. The van der Waals surface area contributed by atoms with E-state index in [0.29, 0.717) is 6.54 Å². The highest BCUT2D eigenvalue weighted by atomic mass is 32.2. The van der Waals surface area contributed by atoms with Gasteiger partial charge in [0.1, 0.15) is 0 Å². The third-order valence-electron chi connectivity index (χ3n) is 3.57. The van der Waals surface area contributed by atoms with Gasteiger partial charge in [0, 0.05) is 19.1 Å². The van der Waals surface area contributed by atoms with Crippen LogP contribution in [-0.4, -0.2) is 44.1 Å². The number of nitrogens with zero attached hydrogens (tertiary/aromatic N) is 1. The maximum absolute atomic E-state index is 11.5. The number of hydrogen-bond acceptors (Lipinski definition) is 4. The van der Waals surface area contributed by atoms with E-state index in [9.17, 15) is 8.42 Å². The highest BCUT2D eigenvalue weighted by molar-refractivity contribution is 7.91. The Morgan fingerprint density at radius 3 is 2.45 bits per heavy atom. The van der Waals surface area contributed by atoms with Gasteiger partial charge in [-0.1, -0.05) is 34.9 Å². The van der Waals surface area contributed by atoms with Crippen LogP contribution in [0.5, 0.6) is 0 Å². The number of nitrogens with one attached hydrogen (secondary N) is 1. The maximum atomic E-state index is 11.5. The van der Waals surface area contributed by atoms with Gasteiger partial charge in [-0.2, -0.15) is 0 Å². The molecule has 5 heteroatoms. The molecule has 0 aliphatic carbocycles. The summed E-state index contributed by atoms with van der Waals surface area (Å²) in [6.45, 7) is 11.8. The molecule has 1 fully saturated rings. The fraction of sp³-hybridized carbons (Fsp3) is 0.647. The summed E-state index contributed by atoms with van der Waals surface area (Å²) in [6, 6.07) is 0.0450. The third-order valence-corrected chi connectivity index (χ3v) is 5.36. The Kier molecular flexibility index (Phi) is 7.53. The van der Waals surface area contributed by atoms with Crippen LogP contribution in [0, 0.1) is 0 Å². The van der Waals surface area contributed by atoms with Gasteiger partial charge in [0.2, 0.25) is 0 Å². The van der Waals surface area contributed by atoms with E-state index < -0.39 is 9.84 Å². The number of hydrogen-bond donors (Lipinski definition) is 1. The van der Waals surface area contributed by atoms with Crippen molar-refractivity contribution in [2.24, 2.45) is 0 Å². The lowest BCUT2D eigenvalue weighted by molar-refractivity contribution is 0.149. The molecular formula is C17H30N2O2S. The Morgan fingerprint density at radius 1 is 1.18 bits per heavy atom. The topological polar surface area (TPSA) is 49.4 Å². The Balaban J connectivity index is 2.39. The quantitative estimate of drug-likeness (QED) is 0.602. The van der Waals surface area contributed by atoms with Gasteiger partial charge in [-0.3, -0.25) is 5.43 Å². The Bertz CT molecular complexity index is 555. The summed E-state index contributed by atoms with van der Waals surface area (Å²) in [5.41, 5.74) is 7.16. The van der Waals surface area contributed by atoms with Crippen molar-refractivity contribution in [1.29, 1.82) is 0 Å². The normalized spacial score (nSPS) is 23.4. The van der Waals surface area contributed by atoms with E-state index in [0.717, 1.165) is 13.0 Å². The minimum Gasteiger partial charge on any atom is -0.255 e. The van der Waals surface area contributed by atoms with Crippen molar-refractivity contribution in [3.05, 3.63) is 34.9 Å². The molecule has 0 saturated carbocycles.